The summed E-state index contributed by atoms with van der Waals surface area (Å²) >= 11 is 0. The van der Waals surface area contributed by atoms with E-state index in [1.165, 1.54) is 11.1 Å². The minimum absolute atomic E-state index is 0.143. The van der Waals surface area contributed by atoms with E-state index in [1.54, 1.807) is 18.6 Å². The fraction of sp³-hybridized carbons (Fsp3) is 0.217. The summed E-state index contributed by atoms with van der Waals surface area (Å²) in [5.74, 6) is 0.437. The quantitative estimate of drug-likeness (QED) is 0.552. The molecule has 6 heteroatoms. The lowest BCUT2D eigenvalue weighted by Gasteiger charge is -2.32. The molecule has 1 atom stereocenters. The molecule has 0 saturated carbocycles. The average molecular weight is 385 g/mol. The number of rotatable bonds is 5. The Morgan fingerprint density at radius 3 is 2.72 bits per heavy atom. The zero-order valence-electron chi connectivity index (χ0n) is 16.1. The summed E-state index contributed by atoms with van der Waals surface area (Å²) in [5, 5.41) is 14.2. The largest absolute Gasteiger partial charge is 0.508 e. The lowest BCUT2D eigenvalue weighted by Crippen LogP contribution is -2.33. The van der Waals surface area contributed by atoms with Gasteiger partial charge in [-0.25, -0.2) is 4.98 Å². The number of hydrogen-bond donors (Lipinski definition) is 2. The number of H-pyrrole nitrogens is 1. The van der Waals surface area contributed by atoms with Crippen LogP contribution in [-0.4, -0.2) is 36.3 Å². The van der Waals surface area contributed by atoms with Gasteiger partial charge in [-0.2, -0.15) is 5.10 Å². The van der Waals surface area contributed by atoms with E-state index in [-0.39, 0.29) is 5.92 Å². The van der Waals surface area contributed by atoms with Gasteiger partial charge in [-0.05, 0) is 34.9 Å². The second-order valence-electron chi connectivity index (χ2n) is 7.61. The van der Waals surface area contributed by atoms with E-state index < -0.39 is 0 Å². The van der Waals surface area contributed by atoms with Crippen LogP contribution >= 0.6 is 0 Å². The van der Waals surface area contributed by atoms with Crippen molar-refractivity contribution in [1.82, 2.24) is 24.6 Å². The molecule has 1 aliphatic heterocycles. The summed E-state index contributed by atoms with van der Waals surface area (Å²) in [6, 6.07) is 18.2. The van der Waals surface area contributed by atoms with E-state index in [0.717, 1.165) is 43.1 Å². The van der Waals surface area contributed by atoms with Gasteiger partial charge in [0.05, 0.1) is 24.3 Å². The molecule has 1 unspecified atom stereocenters. The molecule has 1 aliphatic rings. The summed E-state index contributed by atoms with van der Waals surface area (Å²) in [4.78, 5) is 10.3. The van der Waals surface area contributed by atoms with E-state index >= 15 is 0 Å². The molecule has 0 aliphatic carbocycles. The van der Waals surface area contributed by atoms with Crippen LogP contribution in [0, 0.1) is 0 Å². The number of aromatic hydroxyl groups is 1. The molecule has 0 amide bonds. The highest BCUT2D eigenvalue weighted by Gasteiger charge is 2.29. The molecule has 6 nitrogen and oxygen atoms in total. The summed E-state index contributed by atoms with van der Waals surface area (Å²) in [6.45, 7) is 3.34. The number of fused-ring (bicyclic) bond motifs is 1. The molecular formula is C23H23N5O. The van der Waals surface area contributed by atoms with E-state index in [0.29, 0.717) is 5.75 Å². The second-order valence-corrected chi connectivity index (χ2v) is 7.61. The maximum Gasteiger partial charge on any atom is 0.115 e. The Kier molecular flexibility index (Phi) is 4.62. The van der Waals surface area contributed by atoms with Crippen molar-refractivity contribution in [2.45, 2.75) is 25.6 Å². The molecule has 2 aromatic carbocycles. The SMILES string of the molecule is Oc1cccc(C2CN(Cc3cccc(Cn4cccn4)c3)Cc3[nH]cnc32)c1. The van der Waals surface area contributed by atoms with E-state index in [4.69, 9.17) is 0 Å². The highest BCUT2D eigenvalue weighted by Crippen LogP contribution is 2.33. The van der Waals surface area contributed by atoms with Gasteiger partial charge in [-0.3, -0.25) is 9.58 Å². The molecule has 0 fully saturated rings. The molecule has 0 saturated heterocycles. The third-order valence-electron chi connectivity index (χ3n) is 5.48. The minimum atomic E-state index is 0.143. The summed E-state index contributed by atoms with van der Waals surface area (Å²) < 4.78 is 1.94. The van der Waals surface area contributed by atoms with Crippen LogP contribution in [0.5, 0.6) is 5.75 Å². The molecule has 2 N–H and O–H groups in total. The van der Waals surface area contributed by atoms with Gasteiger partial charge >= 0.3 is 0 Å². The summed E-state index contributed by atoms with van der Waals surface area (Å²) in [6.07, 6.45) is 5.56. The predicted molar refractivity (Wildman–Crippen MR) is 110 cm³/mol. The third kappa shape index (κ3) is 3.79. The number of nitrogens with one attached hydrogen (secondary N) is 1. The fourth-order valence-corrected chi connectivity index (χ4v) is 4.18. The maximum absolute atomic E-state index is 9.93. The Bertz CT molecular complexity index is 1100. The van der Waals surface area contributed by atoms with Crippen LogP contribution in [-0.2, 0) is 19.6 Å². The Labute approximate surface area is 169 Å². The average Bonchev–Trinajstić information content (AvgIpc) is 3.39. The van der Waals surface area contributed by atoms with Gasteiger partial charge in [-0.15, -0.1) is 0 Å². The van der Waals surface area contributed by atoms with Gasteiger partial charge < -0.3 is 10.1 Å². The third-order valence-corrected chi connectivity index (χ3v) is 5.48. The van der Waals surface area contributed by atoms with E-state index in [2.05, 4.69) is 50.3 Å². The van der Waals surface area contributed by atoms with Crippen LogP contribution in [0.25, 0.3) is 0 Å². The Morgan fingerprint density at radius 1 is 1.03 bits per heavy atom. The van der Waals surface area contributed by atoms with Crippen molar-refractivity contribution in [1.29, 1.82) is 0 Å². The molecule has 0 radical (unpaired) electrons. The Hall–Kier alpha value is -3.38. The molecule has 0 spiro atoms. The van der Waals surface area contributed by atoms with Gasteiger partial charge in [0.2, 0.25) is 0 Å². The van der Waals surface area contributed by atoms with Crippen LogP contribution in [0.2, 0.25) is 0 Å². The number of nitrogens with zero attached hydrogens (tertiary/aromatic N) is 4. The first kappa shape index (κ1) is 17.7. The maximum atomic E-state index is 9.93. The monoisotopic (exact) mass is 385 g/mol. The van der Waals surface area contributed by atoms with Gasteiger partial charge in [0, 0.05) is 37.9 Å². The summed E-state index contributed by atoms with van der Waals surface area (Å²) in [5.41, 5.74) is 5.86. The molecule has 29 heavy (non-hydrogen) atoms. The van der Waals surface area contributed by atoms with Crippen molar-refractivity contribution in [3.63, 3.8) is 0 Å². The van der Waals surface area contributed by atoms with Crippen LogP contribution in [0.15, 0.2) is 73.3 Å². The van der Waals surface area contributed by atoms with Gasteiger partial charge in [0.15, 0.2) is 0 Å². The van der Waals surface area contributed by atoms with Crippen LogP contribution in [0.4, 0.5) is 0 Å². The van der Waals surface area contributed by atoms with Gasteiger partial charge in [-0.1, -0.05) is 36.4 Å². The second kappa shape index (κ2) is 7.56. The first-order chi connectivity index (χ1) is 14.2. The van der Waals surface area contributed by atoms with Crippen molar-refractivity contribution in [2.24, 2.45) is 0 Å². The minimum Gasteiger partial charge on any atom is -0.508 e. The molecular weight excluding hydrogens is 362 g/mol. The van der Waals surface area contributed by atoms with Crippen molar-refractivity contribution in [3.8, 4) is 5.75 Å². The number of benzene rings is 2. The van der Waals surface area contributed by atoms with Gasteiger partial charge in [0.1, 0.15) is 5.75 Å². The number of hydrogen-bond acceptors (Lipinski definition) is 4. The molecule has 0 bridgehead atoms. The van der Waals surface area contributed by atoms with Crippen LogP contribution in [0.3, 0.4) is 0 Å². The van der Waals surface area contributed by atoms with Crippen molar-refractivity contribution >= 4 is 0 Å². The Balaban J connectivity index is 1.37. The van der Waals surface area contributed by atoms with Crippen molar-refractivity contribution < 1.29 is 5.11 Å². The zero-order chi connectivity index (χ0) is 19.6. The number of aromatic nitrogens is 4. The standard InChI is InChI=1S/C23H23N5O/c29-20-7-2-6-19(11-20)21-14-27(15-22-23(21)25-16-24-22)12-17-4-1-5-18(10-17)13-28-9-3-8-26-28/h1-11,16,21,29H,12-15H2,(H,24,25). The smallest absolute Gasteiger partial charge is 0.115 e. The highest BCUT2D eigenvalue weighted by molar-refractivity contribution is 5.37. The molecule has 5 rings (SSSR count). The normalized spacial score (nSPS) is 16.6. The predicted octanol–water partition coefficient (Wildman–Crippen LogP) is 3.51. The first-order valence-electron chi connectivity index (χ1n) is 9.83. The number of imidazole rings is 1. The van der Waals surface area contributed by atoms with Crippen LogP contribution < -0.4 is 0 Å². The highest BCUT2D eigenvalue weighted by atomic mass is 16.3. The number of aromatic amines is 1. The van der Waals surface area contributed by atoms with E-state index in [9.17, 15) is 5.11 Å². The molecule has 2 aromatic heterocycles. The van der Waals surface area contributed by atoms with E-state index in [1.807, 2.05) is 29.1 Å². The zero-order valence-corrected chi connectivity index (χ0v) is 16.1. The first-order valence-corrected chi connectivity index (χ1v) is 9.83. The fourth-order valence-electron chi connectivity index (χ4n) is 4.18. The van der Waals surface area contributed by atoms with Crippen molar-refractivity contribution in [3.05, 3.63) is 101 Å². The number of phenolic OH excluding ortho intramolecular Hbond substituents is 1. The molecule has 146 valence electrons. The van der Waals surface area contributed by atoms with Crippen molar-refractivity contribution in [2.75, 3.05) is 6.54 Å². The molecule has 4 aromatic rings. The molecule has 3 heterocycles. The topological polar surface area (TPSA) is 70.0 Å². The lowest BCUT2D eigenvalue weighted by atomic mass is 9.90. The number of phenols is 1. The summed E-state index contributed by atoms with van der Waals surface area (Å²) in [7, 11) is 0. The lowest BCUT2D eigenvalue weighted by molar-refractivity contribution is 0.227. The van der Waals surface area contributed by atoms with Gasteiger partial charge in [0.25, 0.3) is 0 Å². The van der Waals surface area contributed by atoms with Crippen LogP contribution in [0.1, 0.15) is 34.0 Å². The Morgan fingerprint density at radius 2 is 1.90 bits per heavy atom.